The zero-order valence-electron chi connectivity index (χ0n) is 9.00. The van der Waals surface area contributed by atoms with Gasteiger partial charge in [0.1, 0.15) is 5.75 Å². The molecule has 1 N–H and O–H groups in total. The number of hydrogen-bond donors (Lipinski definition) is 1. The predicted molar refractivity (Wildman–Crippen MR) is 60.9 cm³/mol. The molecule has 0 fully saturated rings. The molecule has 0 aliphatic heterocycles. The van der Waals surface area contributed by atoms with E-state index in [0.29, 0.717) is 0 Å². The molecule has 0 unspecified atom stereocenters. The van der Waals surface area contributed by atoms with E-state index in [9.17, 15) is 0 Å². The first kappa shape index (κ1) is 10.6. The Morgan fingerprint density at radius 1 is 1.29 bits per heavy atom. The minimum absolute atomic E-state index is 0.870. The van der Waals surface area contributed by atoms with Gasteiger partial charge in [-0.05, 0) is 38.1 Å². The largest absolute Gasteiger partial charge is 0.497 e. The maximum Gasteiger partial charge on any atom is 0.119 e. The summed E-state index contributed by atoms with van der Waals surface area (Å²) in [6, 6.07) is 7.92. The van der Waals surface area contributed by atoms with Gasteiger partial charge in [0.15, 0.2) is 0 Å². The summed E-state index contributed by atoms with van der Waals surface area (Å²) in [4.78, 5) is 0. The molecule has 0 atom stereocenters. The van der Waals surface area contributed by atoms with Crippen molar-refractivity contribution in [3.8, 4) is 5.75 Å². The zero-order chi connectivity index (χ0) is 10.4. The number of anilines is 1. The van der Waals surface area contributed by atoms with Crippen LogP contribution in [0.5, 0.6) is 5.75 Å². The molecule has 0 bridgehead atoms. The molecule has 0 spiro atoms. The summed E-state index contributed by atoms with van der Waals surface area (Å²) in [6.45, 7) is 5.06. The van der Waals surface area contributed by atoms with Crippen molar-refractivity contribution >= 4 is 5.69 Å². The molecule has 0 aliphatic carbocycles. The number of benzene rings is 1. The summed E-state index contributed by atoms with van der Waals surface area (Å²) in [5, 5.41) is 3.30. The highest BCUT2D eigenvalue weighted by molar-refractivity contribution is 5.46. The van der Waals surface area contributed by atoms with Gasteiger partial charge in [0.25, 0.3) is 0 Å². The van der Waals surface area contributed by atoms with Crippen LogP contribution in [0.4, 0.5) is 5.69 Å². The van der Waals surface area contributed by atoms with Gasteiger partial charge in [-0.25, -0.2) is 0 Å². The number of allylic oxidation sites excluding steroid dienone is 1. The third-order valence-corrected chi connectivity index (χ3v) is 1.91. The minimum Gasteiger partial charge on any atom is -0.497 e. The van der Waals surface area contributed by atoms with E-state index in [-0.39, 0.29) is 0 Å². The molecule has 1 aromatic carbocycles. The van der Waals surface area contributed by atoms with Crippen LogP contribution < -0.4 is 10.1 Å². The van der Waals surface area contributed by atoms with E-state index in [1.165, 1.54) is 5.57 Å². The fourth-order valence-corrected chi connectivity index (χ4v) is 1.08. The number of methoxy groups -OCH3 is 1. The van der Waals surface area contributed by atoms with Crippen LogP contribution in [0.2, 0.25) is 0 Å². The summed E-state index contributed by atoms with van der Waals surface area (Å²) < 4.78 is 5.07. The Bertz CT molecular complexity index is 297. The van der Waals surface area contributed by atoms with Crippen molar-refractivity contribution in [3.05, 3.63) is 35.9 Å². The topological polar surface area (TPSA) is 21.3 Å². The summed E-state index contributed by atoms with van der Waals surface area (Å²) in [5.74, 6) is 0.887. The van der Waals surface area contributed by atoms with Crippen LogP contribution in [0, 0.1) is 0 Å². The van der Waals surface area contributed by atoms with Gasteiger partial charge >= 0.3 is 0 Å². The van der Waals surface area contributed by atoms with E-state index in [0.717, 1.165) is 18.0 Å². The zero-order valence-corrected chi connectivity index (χ0v) is 9.00. The Hall–Kier alpha value is -1.44. The van der Waals surface area contributed by atoms with E-state index in [1.807, 2.05) is 24.3 Å². The number of nitrogens with one attached hydrogen (secondary N) is 1. The maximum atomic E-state index is 5.07. The highest BCUT2D eigenvalue weighted by Crippen LogP contribution is 2.14. The van der Waals surface area contributed by atoms with E-state index >= 15 is 0 Å². The monoisotopic (exact) mass is 191 g/mol. The summed E-state index contributed by atoms with van der Waals surface area (Å²) in [5.41, 5.74) is 2.44. The van der Waals surface area contributed by atoms with Crippen molar-refractivity contribution in [2.45, 2.75) is 13.8 Å². The smallest absolute Gasteiger partial charge is 0.119 e. The quantitative estimate of drug-likeness (QED) is 0.738. The highest BCUT2D eigenvalue weighted by Gasteiger charge is 1.91. The van der Waals surface area contributed by atoms with Crippen molar-refractivity contribution < 1.29 is 4.74 Å². The molecule has 0 aromatic heterocycles. The number of ether oxygens (including phenoxy) is 1. The van der Waals surface area contributed by atoms with Crippen molar-refractivity contribution in [2.75, 3.05) is 19.0 Å². The Kier molecular flexibility index (Phi) is 4.05. The third-order valence-electron chi connectivity index (χ3n) is 1.91. The van der Waals surface area contributed by atoms with Crippen LogP contribution in [0.3, 0.4) is 0 Å². The lowest BCUT2D eigenvalue weighted by Crippen LogP contribution is -1.98. The van der Waals surface area contributed by atoms with Gasteiger partial charge in [0.05, 0.1) is 7.11 Å². The van der Waals surface area contributed by atoms with Gasteiger partial charge in [-0.3, -0.25) is 0 Å². The van der Waals surface area contributed by atoms with E-state index in [1.54, 1.807) is 7.11 Å². The lowest BCUT2D eigenvalue weighted by Gasteiger charge is -2.04. The molecule has 0 amide bonds. The molecule has 14 heavy (non-hydrogen) atoms. The molecule has 0 saturated heterocycles. The number of hydrogen-bond acceptors (Lipinski definition) is 2. The Balaban J connectivity index is 2.48. The van der Waals surface area contributed by atoms with Gasteiger partial charge < -0.3 is 10.1 Å². The molecule has 76 valence electrons. The highest BCUT2D eigenvalue weighted by atomic mass is 16.5. The van der Waals surface area contributed by atoms with Crippen LogP contribution in [-0.4, -0.2) is 13.7 Å². The number of rotatable bonds is 4. The summed E-state index contributed by atoms with van der Waals surface area (Å²) in [6.07, 6.45) is 2.16. The molecule has 1 rings (SSSR count). The fourth-order valence-electron chi connectivity index (χ4n) is 1.08. The fraction of sp³-hybridized carbons (Fsp3) is 0.333. The van der Waals surface area contributed by atoms with Gasteiger partial charge in [-0.15, -0.1) is 0 Å². The van der Waals surface area contributed by atoms with Gasteiger partial charge in [-0.1, -0.05) is 11.6 Å². The predicted octanol–water partition coefficient (Wildman–Crippen LogP) is 3.07. The van der Waals surface area contributed by atoms with Gasteiger partial charge in [0, 0.05) is 12.2 Å². The van der Waals surface area contributed by atoms with Gasteiger partial charge in [-0.2, -0.15) is 0 Å². The first-order valence-corrected chi connectivity index (χ1v) is 4.73. The normalized spacial score (nSPS) is 9.36. The Morgan fingerprint density at radius 3 is 2.43 bits per heavy atom. The lowest BCUT2D eigenvalue weighted by molar-refractivity contribution is 0.415. The van der Waals surface area contributed by atoms with Crippen molar-refractivity contribution in [1.29, 1.82) is 0 Å². The minimum atomic E-state index is 0.870. The lowest BCUT2D eigenvalue weighted by atomic mass is 10.3. The van der Waals surface area contributed by atoms with Crippen LogP contribution in [0.25, 0.3) is 0 Å². The van der Waals surface area contributed by atoms with Gasteiger partial charge in [0.2, 0.25) is 0 Å². The van der Waals surface area contributed by atoms with Crippen LogP contribution in [-0.2, 0) is 0 Å². The second-order valence-corrected chi connectivity index (χ2v) is 3.39. The molecule has 1 aromatic rings. The second kappa shape index (κ2) is 5.32. The molecule has 0 saturated carbocycles. The maximum absolute atomic E-state index is 5.07. The second-order valence-electron chi connectivity index (χ2n) is 3.39. The van der Waals surface area contributed by atoms with E-state index in [4.69, 9.17) is 4.74 Å². The molecule has 2 nitrogen and oxygen atoms in total. The Morgan fingerprint density at radius 2 is 1.93 bits per heavy atom. The average Bonchev–Trinajstić information content (AvgIpc) is 2.18. The molecular weight excluding hydrogens is 174 g/mol. The van der Waals surface area contributed by atoms with Crippen LogP contribution in [0.1, 0.15) is 13.8 Å². The van der Waals surface area contributed by atoms with Crippen LogP contribution >= 0.6 is 0 Å². The van der Waals surface area contributed by atoms with Crippen molar-refractivity contribution in [1.82, 2.24) is 0 Å². The third kappa shape index (κ3) is 3.52. The summed E-state index contributed by atoms with van der Waals surface area (Å²) in [7, 11) is 1.67. The molecule has 2 heteroatoms. The van der Waals surface area contributed by atoms with E-state index < -0.39 is 0 Å². The molecular formula is C12H17NO. The molecule has 0 heterocycles. The molecule has 0 radical (unpaired) electrons. The standard InChI is InChI=1S/C12H17NO/c1-10(2)8-9-13-11-4-6-12(14-3)7-5-11/h4-8,13H,9H2,1-3H3. The SMILES string of the molecule is COc1ccc(NCC=C(C)C)cc1. The summed E-state index contributed by atoms with van der Waals surface area (Å²) >= 11 is 0. The Labute approximate surface area is 85.6 Å². The van der Waals surface area contributed by atoms with Crippen molar-refractivity contribution in [2.24, 2.45) is 0 Å². The first-order chi connectivity index (χ1) is 6.72. The molecule has 0 aliphatic rings. The first-order valence-electron chi connectivity index (χ1n) is 4.73. The van der Waals surface area contributed by atoms with E-state index in [2.05, 4.69) is 25.2 Å². The average molecular weight is 191 g/mol. The van der Waals surface area contributed by atoms with Crippen LogP contribution in [0.15, 0.2) is 35.9 Å². The van der Waals surface area contributed by atoms with Crippen molar-refractivity contribution in [3.63, 3.8) is 0 Å².